The number of ether oxygens (including phenoxy) is 1. The lowest BCUT2D eigenvalue weighted by molar-refractivity contribution is 0.0270. The van der Waals surface area contributed by atoms with E-state index in [9.17, 15) is 4.79 Å². The van der Waals surface area contributed by atoms with Crippen molar-refractivity contribution < 1.29 is 9.53 Å². The van der Waals surface area contributed by atoms with E-state index >= 15 is 0 Å². The van der Waals surface area contributed by atoms with Crippen molar-refractivity contribution in [2.24, 2.45) is 11.7 Å². The van der Waals surface area contributed by atoms with Crippen LogP contribution in [-0.4, -0.2) is 12.2 Å². The number of carbonyl (C=O) groups excluding carboxylic acids is 1. The van der Waals surface area contributed by atoms with E-state index in [-0.39, 0.29) is 5.97 Å². The molecule has 1 atom stereocenters. The Bertz CT molecular complexity index is 399. The zero-order valence-corrected chi connectivity index (χ0v) is 11.0. The molecule has 94 valence electrons. The molecule has 3 heteroatoms. The van der Waals surface area contributed by atoms with Crippen LogP contribution in [0.15, 0.2) is 18.2 Å². The van der Waals surface area contributed by atoms with Crippen LogP contribution >= 0.6 is 0 Å². The lowest BCUT2D eigenvalue weighted by atomic mass is 10.1. The van der Waals surface area contributed by atoms with Gasteiger partial charge in [-0.25, -0.2) is 4.79 Å². The molecule has 0 spiro atoms. The van der Waals surface area contributed by atoms with E-state index in [4.69, 9.17) is 10.5 Å². The van der Waals surface area contributed by atoms with Crippen molar-refractivity contribution in [2.75, 3.05) is 0 Å². The molecule has 2 N–H and O–H groups in total. The summed E-state index contributed by atoms with van der Waals surface area (Å²) in [6, 6.07) is 5.65. The quantitative estimate of drug-likeness (QED) is 0.645. The van der Waals surface area contributed by atoms with E-state index in [1.54, 1.807) is 6.07 Å². The lowest BCUT2D eigenvalue weighted by Gasteiger charge is -2.15. The highest BCUT2D eigenvalue weighted by Gasteiger charge is 2.15. The maximum Gasteiger partial charge on any atom is 0.339 e. The molecule has 0 aliphatic heterocycles. The third kappa shape index (κ3) is 4.19. The number of benzene rings is 1. The van der Waals surface area contributed by atoms with Gasteiger partial charge in [-0.1, -0.05) is 31.5 Å². The minimum Gasteiger partial charge on any atom is -0.443 e. The zero-order chi connectivity index (χ0) is 13.0. The number of rotatable bonds is 4. The van der Waals surface area contributed by atoms with Crippen molar-refractivity contribution >= 4 is 5.97 Å². The fourth-order valence-corrected chi connectivity index (χ4v) is 1.76. The molecule has 0 aliphatic carbocycles. The highest BCUT2D eigenvalue weighted by molar-refractivity contribution is 5.91. The van der Waals surface area contributed by atoms with Crippen LogP contribution in [0.25, 0.3) is 0 Å². The summed E-state index contributed by atoms with van der Waals surface area (Å²) in [5, 5.41) is 0. The van der Waals surface area contributed by atoms with Crippen LogP contribution in [0.3, 0.4) is 0 Å². The summed E-state index contributed by atoms with van der Waals surface area (Å²) < 4.78 is 5.21. The number of hydrogen-bond acceptors (Lipinski definition) is 3. The second-order valence-electron chi connectivity index (χ2n) is 4.89. The van der Waals surface area contributed by atoms with Gasteiger partial charge in [-0.15, -0.1) is 0 Å². The molecule has 0 aromatic heterocycles. The van der Waals surface area contributed by atoms with Gasteiger partial charge in [0.15, 0.2) is 6.23 Å². The van der Waals surface area contributed by atoms with E-state index in [2.05, 4.69) is 0 Å². The average molecular weight is 235 g/mol. The van der Waals surface area contributed by atoms with Crippen LogP contribution in [0, 0.1) is 19.8 Å². The van der Waals surface area contributed by atoms with Crippen LogP contribution in [-0.2, 0) is 4.74 Å². The van der Waals surface area contributed by atoms with Crippen LogP contribution in [0.5, 0.6) is 0 Å². The maximum atomic E-state index is 11.9. The molecule has 1 aromatic rings. The Morgan fingerprint density at radius 2 is 2.00 bits per heavy atom. The van der Waals surface area contributed by atoms with Gasteiger partial charge in [-0.2, -0.15) is 0 Å². The summed E-state index contributed by atoms with van der Waals surface area (Å²) in [4.78, 5) is 11.9. The Kier molecular flexibility index (Phi) is 4.70. The van der Waals surface area contributed by atoms with E-state index in [1.165, 1.54) is 0 Å². The molecule has 0 amide bonds. The standard InChI is InChI=1S/C14H21NO2/c1-9(2)7-13(15)17-14(16)12-6-5-10(3)8-11(12)4/h5-6,8-9,13H,7,15H2,1-4H3. The lowest BCUT2D eigenvalue weighted by Crippen LogP contribution is -2.28. The van der Waals surface area contributed by atoms with Gasteiger partial charge in [0.25, 0.3) is 0 Å². The molecule has 0 saturated heterocycles. The second-order valence-corrected chi connectivity index (χ2v) is 4.89. The predicted molar refractivity (Wildman–Crippen MR) is 68.8 cm³/mol. The number of hydrogen-bond donors (Lipinski definition) is 1. The third-order valence-electron chi connectivity index (χ3n) is 2.56. The number of nitrogens with two attached hydrogens (primary N) is 1. The summed E-state index contributed by atoms with van der Waals surface area (Å²) >= 11 is 0. The van der Waals surface area contributed by atoms with E-state index in [1.807, 2.05) is 39.8 Å². The van der Waals surface area contributed by atoms with Crippen LogP contribution in [0.4, 0.5) is 0 Å². The fraction of sp³-hybridized carbons (Fsp3) is 0.500. The first-order valence-electron chi connectivity index (χ1n) is 5.94. The summed E-state index contributed by atoms with van der Waals surface area (Å²) in [6.07, 6.45) is 0.152. The molecule has 1 unspecified atom stereocenters. The Morgan fingerprint density at radius 3 is 2.53 bits per heavy atom. The molecule has 0 fully saturated rings. The first kappa shape index (κ1) is 13.7. The first-order chi connectivity index (χ1) is 7.90. The van der Waals surface area contributed by atoms with Crippen molar-refractivity contribution in [2.45, 2.75) is 40.3 Å². The number of aryl methyl sites for hydroxylation is 2. The molecule has 1 aromatic carbocycles. The Morgan fingerprint density at radius 1 is 1.35 bits per heavy atom. The molecule has 1 rings (SSSR count). The maximum absolute atomic E-state index is 11.9. The Labute approximate surface area is 103 Å². The molecule has 17 heavy (non-hydrogen) atoms. The largest absolute Gasteiger partial charge is 0.443 e. The second kappa shape index (κ2) is 5.82. The van der Waals surface area contributed by atoms with Gasteiger partial charge in [-0.3, -0.25) is 5.73 Å². The minimum absolute atomic E-state index is 0.337. The van der Waals surface area contributed by atoms with Crippen LogP contribution in [0.2, 0.25) is 0 Å². The highest BCUT2D eigenvalue weighted by atomic mass is 16.6. The summed E-state index contributed by atoms with van der Waals surface area (Å²) in [5.41, 5.74) is 8.40. The molecular formula is C14H21NO2. The molecule has 0 saturated carbocycles. The topological polar surface area (TPSA) is 52.3 Å². The number of carbonyl (C=O) groups is 1. The van der Waals surface area contributed by atoms with Gasteiger partial charge in [-0.05, 0) is 31.4 Å². The van der Waals surface area contributed by atoms with Gasteiger partial charge < -0.3 is 4.74 Å². The molecule has 3 nitrogen and oxygen atoms in total. The van der Waals surface area contributed by atoms with Crippen molar-refractivity contribution in [3.05, 3.63) is 34.9 Å². The predicted octanol–water partition coefficient (Wildman–Crippen LogP) is 2.79. The molecular weight excluding hydrogens is 214 g/mol. The van der Waals surface area contributed by atoms with Crippen LogP contribution < -0.4 is 5.73 Å². The monoisotopic (exact) mass is 235 g/mol. The van der Waals surface area contributed by atoms with Crippen LogP contribution in [0.1, 0.15) is 41.8 Å². The fourth-order valence-electron chi connectivity index (χ4n) is 1.76. The van der Waals surface area contributed by atoms with E-state index < -0.39 is 6.23 Å². The minimum atomic E-state index is -0.525. The highest BCUT2D eigenvalue weighted by Crippen LogP contribution is 2.13. The van der Waals surface area contributed by atoms with Crippen molar-refractivity contribution in [3.63, 3.8) is 0 Å². The smallest absolute Gasteiger partial charge is 0.339 e. The van der Waals surface area contributed by atoms with Crippen molar-refractivity contribution in [1.29, 1.82) is 0 Å². The van der Waals surface area contributed by atoms with Gasteiger partial charge in [0.2, 0.25) is 0 Å². The van der Waals surface area contributed by atoms with Gasteiger partial charge >= 0.3 is 5.97 Å². The Balaban J connectivity index is 2.70. The van der Waals surface area contributed by atoms with Gasteiger partial charge in [0.05, 0.1) is 5.56 Å². The van der Waals surface area contributed by atoms with Crippen molar-refractivity contribution in [1.82, 2.24) is 0 Å². The molecule has 0 aliphatic rings. The normalized spacial score (nSPS) is 12.6. The van der Waals surface area contributed by atoms with Gasteiger partial charge in [0, 0.05) is 6.42 Å². The number of esters is 1. The summed E-state index contributed by atoms with van der Waals surface area (Å²) in [7, 11) is 0. The third-order valence-corrected chi connectivity index (χ3v) is 2.56. The molecule has 0 heterocycles. The van der Waals surface area contributed by atoms with E-state index in [0.29, 0.717) is 17.9 Å². The van der Waals surface area contributed by atoms with Crippen molar-refractivity contribution in [3.8, 4) is 0 Å². The van der Waals surface area contributed by atoms with E-state index in [0.717, 1.165) is 11.1 Å². The first-order valence-corrected chi connectivity index (χ1v) is 5.94. The summed E-state index contributed by atoms with van der Waals surface area (Å²) in [5.74, 6) is 0.0764. The van der Waals surface area contributed by atoms with Gasteiger partial charge in [0.1, 0.15) is 0 Å². The average Bonchev–Trinajstić information content (AvgIpc) is 2.15. The SMILES string of the molecule is Cc1ccc(C(=O)OC(N)CC(C)C)c(C)c1. The molecule has 0 radical (unpaired) electrons. The molecule has 0 bridgehead atoms. The Hall–Kier alpha value is -1.35. The summed E-state index contributed by atoms with van der Waals surface area (Å²) in [6.45, 7) is 7.99. The zero-order valence-electron chi connectivity index (χ0n) is 11.0.